The Hall–Kier alpha value is -2.30. The van der Waals surface area contributed by atoms with Gasteiger partial charge in [0.15, 0.2) is 0 Å². The fourth-order valence-corrected chi connectivity index (χ4v) is 2.22. The van der Waals surface area contributed by atoms with Gasteiger partial charge in [0.1, 0.15) is 0 Å². The number of anilines is 1. The highest BCUT2D eigenvalue weighted by atomic mass is 16.4. The number of nitrogens with one attached hydrogen (secondary N) is 1. The molecule has 5 heteroatoms. The van der Waals surface area contributed by atoms with Crippen LogP contribution in [0.3, 0.4) is 0 Å². The van der Waals surface area contributed by atoms with Gasteiger partial charge in [-0.05, 0) is 31.0 Å². The summed E-state index contributed by atoms with van der Waals surface area (Å²) in [6, 6.07) is 6.78. The van der Waals surface area contributed by atoms with Gasteiger partial charge >= 0.3 is 12.0 Å². The van der Waals surface area contributed by atoms with E-state index in [1.807, 2.05) is 6.92 Å². The monoisotopic (exact) mass is 274 g/mol. The van der Waals surface area contributed by atoms with Crippen LogP contribution in [0, 0.1) is 0 Å². The van der Waals surface area contributed by atoms with E-state index in [0.717, 1.165) is 6.42 Å². The summed E-state index contributed by atoms with van der Waals surface area (Å²) in [5.41, 5.74) is 2.48. The Morgan fingerprint density at radius 3 is 2.90 bits per heavy atom. The molecular weight excluding hydrogens is 256 g/mol. The quantitative estimate of drug-likeness (QED) is 0.832. The van der Waals surface area contributed by atoms with Gasteiger partial charge in [0.05, 0.1) is 6.42 Å². The van der Waals surface area contributed by atoms with E-state index in [1.165, 1.54) is 5.57 Å². The van der Waals surface area contributed by atoms with Gasteiger partial charge < -0.3 is 15.3 Å². The third kappa shape index (κ3) is 3.85. The molecule has 1 heterocycles. The summed E-state index contributed by atoms with van der Waals surface area (Å²) in [5.74, 6) is -0.884. The van der Waals surface area contributed by atoms with Gasteiger partial charge in [-0.25, -0.2) is 4.79 Å². The minimum absolute atomic E-state index is 0.0464. The molecule has 5 nitrogen and oxygen atoms in total. The zero-order chi connectivity index (χ0) is 14.5. The third-order valence-corrected chi connectivity index (χ3v) is 3.15. The molecule has 2 rings (SSSR count). The SMILES string of the molecule is CC1=CCCN(C(=O)Nc2cccc(CC(=O)O)c2)C1. The molecule has 2 amide bonds. The van der Waals surface area contributed by atoms with Crippen LogP contribution in [0.1, 0.15) is 18.9 Å². The van der Waals surface area contributed by atoms with Crippen LogP contribution in [0.4, 0.5) is 10.5 Å². The molecule has 0 aromatic heterocycles. The van der Waals surface area contributed by atoms with Crippen molar-refractivity contribution in [3.63, 3.8) is 0 Å². The Labute approximate surface area is 117 Å². The first-order valence-electron chi connectivity index (χ1n) is 6.57. The second kappa shape index (κ2) is 6.23. The van der Waals surface area contributed by atoms with Gasteiger partial charge in [0, 0.05) is 18.8 Å². The molecule has 20 heavy (non-hydrogen) atoms. The van der Waals surface area contributed by atoms with Gasteiger partial charge in [-0.3, -0.25) is 4.79 Å². The van der Waals surface area contributed by atoms with Crippen LogP contribution in [-0.4, -0.2) is 35.1 Å². The van der Waals surface area contributed by atoms with E-state index < -0.39 is 5.97 Å². The molecule has 0 saturated carbocycles. The number of amides is 2. The first-order chi connectivity index (χ1) is 9.54. The highest BCUT2D eigenvalue weighted by molar-refractivity contribution is 5.89. The van der Waals surface area contributed by atoms with Crippen molar-refractivity contribution >= 4 is 17.7 Å². The fraction of sp³-hybridized carbons (Fsp3) is 0.333. The summed E-state index contributed by atoms with van der Waals surface area (Å²) in [7, 11) is 0. The first-order valence-corrected chi connectivity index (χ1v) is 6.57. The molecule has 1 aromatic carbocycles. The van der Waals surface area contributed by atoms with Crippen LogP contribution in [-0.2, 0) is 11.2 Å². The van der Waals surface area contributed by atoms with Crippen molar-refractivity contribution in [3.8, 4) is 0 Å². The average Bonchev–Trinajstić information content (AvgIpc) is 2.38. The van der Waals surface area contributed by atoms with Crippen molar-refractivity contribution < 1.29 is 14.7 Å². The van der Waals surface area contributed by atoms with E-state index in [4.69, 9.17) is 5.11 Å². The van der Waals surface area contributed by atoms with Crippen LogP contribution in [0.15, 0.2) is 35.9 Å². The zero-order valence-corrected chi connectivity index (χ0v) is 11.4. The Morgan fingerprint density at radius 1 is 1.40 bits per heavy atom. The molecule has 106 valence electrons. The summed E-state index contributed by atoms with van der Waals surface area (Å²) in [4.78, 5) is 24.6. The second-order valence-corrected chi connectivity index (χ2v) is 4.96. The topological polar surface area (TPSA) is 69.6 Å². The number of urea groups is 1. The zero-order valence-electron chi connectivity index (χ0n) is 11.4. The maximum absolute atomic E-state index is 12.1. The maximum Gasteiger partial charge on any atom is 0.322 e. The number of benzene rings is 1. The van der Waals surface area contributed by atoms with Crippen molar-refractivity contribution in [3.05, 3.63) is 41.5 Å². The summed E-state index contributed by atoms with van der Waals surface area (Å²) in [5, 5.41) is 11.6. The van der Waals surface area contributed by atoms with Crippen LogP contribution in [0.5, 0.6) is 0 Å². The molecule has 0 unspecified atom stereocenters. The number of carboxylic acid groups (broad SMARTS) is 1. The number of hydrogen-bond donors (Lipinski definition) is 2. The van der Waals surface area contributed by atoms with Gasteiger partial charge in [-0.2, -0.15) is 0 Å². The van der Waals surface area contributed by atoms with Gasteiger partial charge in [-0.1, -0.05) is 23.8 Å². The minimum atomic E-state index is -0.884. The molecule has 0 spiro atoms. The fourth-order valence-electron chi connectivity index (χ4n) is 2.22. The minimum Gasteiger partial charge on any atom is -0.481 e. The largest absolute Gasteiger partial charge is 0.481 e. The molecule has 1 aliphatic heterocycles. The molecule has 1 aliphatic rings. The van der Waals surface area contributed by atoms with Crippen molar-refractivity contribution in [1.29, 1.82) is 0 Å². The van der Waals surface area contributed by atoms with Crippen LogP contribution < -0.4 is 5.32 Å². The number of aliphatic carboxylic acids is 1. The van der Waals surface area contributed by atoms with Crippen molar-refractivity contribution in [1.82, 2.24) is 4.90 Å². The van der Waals surface area contributed by atoms with E-state index in [-0.39, 0.29) is 12.5 Å². The molecular formula is C15H18N2O3. The maximum atomic E-state index is 12.1. The van der Waals surface area contributed by atoms with Gasteiger partial charge in [0.2, 0.25) is 0 Å². The number of carbonyl (C=O) groups is 2. The Balaban J connectivity index is 2.00. The van der Waals surface area contributed by atoms with Gasteiger partial charge in [-0.15, -0.1) is 0 Å². The molecule has 2 N–H and O–H groups in total. The third-order valence-electron chi connectivity index (χ3n) is 3.15. The smallest absolute Gasteiger partial charge is 0.322 e. The lowest BCUT2D eigenvalue weighted by Crippen LogP contribution is -2.38. The Bertz CT molecular complexity index is 552. The summed E-state index contributed by atoms with van der Waals surface area (Å²) >= 11 is 0. The highest BCUT2D eigenvalue weighted by Crippen LogP contribution is 2.14. The van der Waals surface area contributed by atoms with E-state index in [2.05, 4.69) is 11.4 Å². The first kappa shape index (κ1) is 14.1. The lowest BCUT2D eigenvalue weighted by atomic mass is 10.1. The van der Waals surface area contributed by atoms with E-state index >= 15 is 0 Å². The van der Waals surface area contributed by atoms with Gasteiger partial charge in [0.25, 0.3) is 0 Å². The average molecular weight is 274 g/mol. The van der Waals surface area contributed by atoms with Crippen molar-refractivity contribution in [2.24, 2.45) is 0 Å². The predicted octanol–water partition coefficient (Wildman–Crippen LogP) is 2.50. The number of rotatable bonds is 3. The summed E-state index contributed by atoms with van der Waals surface area (Å²) in [6.07, 6.45) is 2.96. The van der Waals surface area contributed by atoms with Crippen molar-refractivity contribution in [2.75, 3.05) is 18.4 Å². The van der Waals surface area contributed by atoms with Crippen molar-refractivity contribution in [2.45, 2.75) is 19.8 Å². The number of carbonyl (C=O) groups excluding carboxylic acids is 1. The summed E-state index contributed by atoms with van der Waals surface area (Å²) in [6.45, 7) is 3.35. The van der Waals surface area contributed by atoms with Crippen LogP contribution in [0.25, 0.3) is 0 Å². The second-order valence-electron chi connectivity index (χ2n) is 4.96. The molecule has 0 radical (unpaired) electrons. The lowest BCUT2D eigenvalue weighted by molar-refractivity contribution is -0.136. The molecule has 0 aliphatic carbocycles. The van der Waals surface area contributed by atoms with E-state index in [0.29, 0.717) is 24.3 Å². The molecule has 0 saturated heterocycles. The number of carboxylic acids is 1. The summed E-state index contributed by atoms with van der Waals surface area (Å²) < 4.78 is 0. The lowest BCUT2D eigenvalue weighted by Gasteiger charge is -2.26. The van der Waals surface area contributed by atoms with Crippen LogP contribution >= 0.6 is 0 Å². The molecule has 0 bridgehead atoms. The standard InChI is InChI=1S/C15H18N2O3/c1-11-4-3-7-17(10-11)15(20)16-13-6-2-5-12(8-13)9-14(18)19/h2,4-6,8H,3,7,9-10H2,1H3,(H,16,20)(H,18,19). The number of nitrogens with zero attached hydrogens (tertiary/aromatic N) is 1. The Kier molecular flexibility index (Phi) is 4.40. The molecule has 1 aromatic rings. The predicted molar refractivity (Wildman–Crippen MR) is 76.7 cm³/mol. The van der Waals surface area contributed by atoms with Crippen LogP contribution in [0.2, 0.25) is 0 Å². The highest BCUT2D eigenvalue weighted by Gasteiger charge is 2.16. The normalized spacial score (nSPS) is 14.7. The Morgan fingerprint density at radius 2 is 2.20 bits per heavy atom. The molecule has 0 atom stereocenters. The molecule has 0 fully saturated rings. The van der Waals surface area contributed by atoms with E-state index in [1.54, 1.807) is 29.2 Å². The van der Waals surface area contributed by atoms with E-state index in [9.17, 15) is 9.59 Å². The number of hydrogen-bond acceptors (Lipinski definition) is 2.